The largest absolute Gasteiger partial charge is 0.465 e. The van der Waals surface area contributed by atoms with Gasteiger partial charge in [-0.25, -0.2) is 0 Å². The molecule has 29 heavy (non-hydrogen) atoms. The van der Waals surface area contributed by atoms with Gasteiger partial charge in [0.15, 0.2) is 0 Å². The van der Waals surface area contributed by atoms with Crippen molar-refractivity contribution in [3.63, 3.8) is 0 Å². The smallest absolute Gasteiger partial charge is 0.264 e. The Kier molecular flexibility index (Phi) is 5.46. The molecule has 1 aromatic heterocycles. The molecule has 3 aliphatic rings. The molecule has 2 heterocycles. The zero-order valence-electron chi connectivity index (χ0n) is 16.7. The summed E-state index contributed by atoms with van der Waals surface area (Å²) in [6.45, 7) is 3.24. The third-order valence-corrected chi connectivity index (χ3v) is 6.78. The summed E-state index contributed by atoms with van der Waals surface area (Å²) in [6, 6.07) is 5.26. The van der Waals surface area contributed by atoms with Crippen LogP contribution in [0.25, 0.3) is 6.08 Å². The van der Waals surface area contributed by atoms with E-state index < -0.39 is 0 Å². The minimum absolute atomic E-state index is 0.0193. The fraction of sp³-hybridized carbons (Fsp3) is 0.591. The summed E-state index contributed by atoms with van der Waals surface area (Å²) in [7, 11) is 0. The van der Waals surface area contributed by atoms with E-state index in [1.165, 1.54) is 12.3 Å². The topological polar surface area (TPSA) is 97.8 Å². The van der Waals surface area contributed by atoms with Crippen LogP contribution in [-0.2, 0) is 9.59 Å². The fourth-order valence-electron chi connectivity index (χ4n) is 5.23. The van der Waals surface area contributed by atoms with Crippen LogP contribution in [0, 0.1) is 29.1 Å². The van der Waals surface area contributed by atoms with E-state index in [0.29, 0.717) is 25.4 Å². The molecule has 3 fully saturated rings. The summed E-state index contributed by atoms with van der Waals surface area (Å²) < 4.78 is 5.20. The highest BCUT2D eigenvalue weighted by atomic mass is 16.3. The minimum Gasteiger partial charge on any atom is -0.465 e. The number of amides is 2. The number of hydrogen-bond acceptors (Lipinski definition) is 5. The molecule has 3 unspecified atom stereocenters. The van der Waals surface area contributed by atoms with Gasteiger partial charge in [0.2, 0.25) is 5.91 Å². The Labute approximate surface area is 170 Å². The Bertz CT molecular complexity index is 827. The molecule has 2 aliphatic carbocycles. The maximum absolute atomic E-state index is 13.1. The Morgan fingerprint density at radius 1 is 1.28 bits per heavy atom. The van der Waals surface area contributed by atoms with Gasteiger partial charge in [-0.2, -0.15) is 5.26 Å². The van der Waals surface area contributed by atoms with Crippen LogP contribution in [0.1, 0.15) is 38.4 Å². The van der Waals surface area contributed by atoms with E-state index in [1.807, 2.05) is 17.9 Å². The number of carbonyl (C=O) groups excluding carboxylic acids is 2. The van der Waals surface area contributed by atoms with Crippen molar-refractivity contribution in [1.29, 1.82) is 5.26 Å². The molecule has 1 saturated heterocycles. The van der Waals surface area contributed by atoms with Crippen molar-refractivity contribution in [3.05, 3.63) is 29.7 Å². The number of aliphatic hydroxyl groups is 1. The van der Waals surface area contributed by atoms with Crippen LogP contribution >= 0.6 is 0 Å². The van der Waals surface area contributed by atoms with Gasteiger partial charge in [0.25, 0.3) is 5.91 Å². The lowest BCUT2D eigenvalue weighted by atomic mass is 9.78. The summed E-state index contributed by atoms with van der Waals surface area (Å²) in [5.74, 6) is 0.776. The third-order valence-electron chi connectivity index (χ3n) is 6.78. The number of furan rings is 1. The second-order valence-corrected chi connectivity index (χ2v) is 8.57. The van der Waals surface area contributed by atoms with Crippen molar-refractivity contribution in [2.24, 2.45) is 17.8 Å². The van der Waals surface area contributed by atoms with Crippen molar-refractivity contribution in [2.45, 2.75) is 44.8 Å². The average Bonchev–Trinajstić information content (AvgIpc) is 3.28. The van der Waals surface area contributed by atoms with Gasteiger partial charge in [-0.05, 0) is 56.6 Å². The van der Waals surface area contributed by atoms with Crippen LogP contribution < -0.4 is 0 Å². The van der Waals surface area contributed by atoms with Crippen LogP contribution in [0.5, 0.6) is 0 Å². The number of nitrogens with zero attached hydrogens (tertiary/aromatic N) is 3. The van der Waals surface area contributed by atoms with E-state index in [2.05, 4.69) is 0 Å². The molecule has 2 saturated carbocycles. The van der Waals surface area contributed by atoms with Crippen LogP contribution in [0.4, 0.5) is 0 Å². The predicted molar refractivity (Wildman–Crippen MR) is 105 cm³/mol. The molecule has 4 rings (SSSR count). The number of fused-ring (bicyclic) bond motifs is 2. The lowest BCUT2D eigenvalue weighted by Gasteiger charge is -2.42. The van der Waals surface area contributed by atoms with Crippen LogP contribution in [0.15, 0.2) is 28.4 Å². The zero-order chi connectivity index (χ0) is 20.5. The summed E-state index contributed by atoms with van der Waals surface area (Å²) in [5.41, 5.74) is 0.0322. The van der Waals surface area contributed by atoms with E-state index in [9.17, 15) is 20.0 Å². The molecule has 7 heteroatoms. The number of hydrogen-bond donors (Lipinski definition) is 1. The van der Waals surface area contributed by atoms with Gasteiger partial charge in [-0.3, -0.25) is 9.59 Å². The molecule has 1 N–H and O–H groups in total. The molecule has 0 aromatic carbocycles. The molecular formula is C22H27N3O4. The number of aliphatic hydroxyl groups excluding tert-OH is 1. The first-order valence-corrected chi connectivity index (χ1v) is 10.4. The summed E-state index contributed by atoms with van der Waals surface area (Å²) in [4.78, 5) is 29.4. The fourth-order valence-corrected chi connectivity index (χ4v) is 5.23. The Morgan fingerprint density at radius 2 is 2.00 bits per heavy atom. The number of rotatable bonds is 3. The highest BCUT2D eigenvalue weighted by Crippen LogP contribution is 2.45. The number of piperazine rings is 1. The third kappa shape index (κ3) is 3.82. The first-order valence-electron chi connectivity index (χ1n) is 10.4. The molecule has 1 aliphatic heterocycles. The highest BCUT2D eigenvalue weighted by Gasteiger charge is 2.45. The SMILES string of the molecule is CC1CN(C(=O)/C(C#N)=C\c2ccco2)CCN1C(=O)C1C[C@H]2CC[C@@H](C1)C2O. The maximum atomic E-state index is 13.1. The first-order chi connectivity index (χ1) is 14.0. The van der Waals surface area contributed by atoms with Gasteiger partial charge >= 0.3 is 0 Å². The lowest BCUT2D eigenvalue weighted by Crippen LogP contribution is -2.57. The van der Waals surface area contributed by atoms with E-state index >= 15 is 0 Å². The van der Waals surface area contributed by atoms with Crippen molar-refractivity contribution in [3.8, 4) is 6.07 Å². The molecule has 0 radical (unpaired) electrons. The second kappa shape index (κ2) is 8.03. The van der Waals surface area contributed by atoms with E-state index in [0.717, 1.165) is 25.7 Å². The normalized spacial score (nSPS) is 32.2. The zero-order valence-corrected chi connectivity index (χ0v) is 16.7. The molecule has 7 nitrogen and oxygen atoms in total. The monoisotopic (exact) mass is 397 g/mol. The molecule has 2 amide bonds. The lowest BCUT2D eigenvalue weighted by molar-refractivity contribution is -0.146. The van der Waals surface area contributed by atoms with Gasteiger partial charge in [-0.15, -0.1) is 0 Å². The van der Waals surface area contributed by atoms with Gasteiger partial charge in [0.05, 0.1) is 12.4 Å². The van der Waals surface area contributed by atoms with Gasteiger partial charge in [0.1, 0.15) is 17.4 Å². The molecule has 1 aromatic rings. The molecular weight excluding hydrogens is 370 g/mol. The Morgan fingerprint density at radius 3 is 2.59 bits per heavy atom. The van der Waals surface area contributed by atoms with Crippen LogP contribution in [-0.4, -0.2) is 58.5 Å². The Balaban J connectivity index is 1.39. The van der Waals surface area contributed by atoms with Gasteiger partial charge in [0, 0.05) is 37.7 Å². The summed E-state index contributed by atoms with van der Waals surface area (Å²) in [6.07, 6.45) is 6.29. The van der Waals surface area contributed by atoms with E-state index in [4.69, 9.17) is 4.42 Å². The molecule has 2 bridgehead atoms. The predicted octanol–water partition coefficient (Wildman–Crippen LogP) is 2.04. The van der Waals surface area contributed by atoms with Crippen LogP contribution in [0.2, 0.25) is 0 Å². The van der Waals surface area contributed by atoms with Crippen LogP contribution in [0.3, 0.4) is 0 Å². The summed E-state index contributed by atoms with van der Waals surface area (Å²) in [5, 5.41) is 19.6. The minimum atomic E-state index is -0.332. The van der Waals surface area contributed by atoms with E-state index in [1.54, 1.807) is 17.0 Å². The van der Waals surface area contributed by atoms with Crippen molar-refractivity contribution in [2.75, 3.05) is 19.6 Å². The second-order valence-electron chi connectivity index (χ2n) is 8.57. The standard InChI is InChI=1S/C22H27N3O4/c1-14-13-24(21(27)18(12-23)11-19-3-2-8-29-19)6-7-25(14)22(28)17-9-15-4-5-16(10-17)20(15)26/h2-3,8,11,14-17,20,26H,4-7,9-10,13H2,1H3/b18-11-/t14?,15-,16+,17?,20?. The van der Waals surface area contributed by atoms with Crippen molar-refractivity contribution < 1.29 is 19.1 Å². The number of carbonyl (C=O) groups is 2. The highest BCUT2D eigenvalue weighted by molar-refractivity contribution is 6.01. The molecule has 0 spiro atoms. The van der Waals surface area contributed by atoms with Gasteiger partial charge in [-0.1, -0.05) is 0 Å². The van der Waals surface area contributed by atoms with E-state index in [-0.39, 0.29) is 47.3 Å². The first kappa shape index (κ1) is 19.7. The molecule has 5 atom stereocenters. The summed E-state index contributed by atoms with van der Waals surface area (Å²) >= 11 is 0. The Hall–Kier alpha value is -2.59. The number of nitriles is 1. The maximum Gasteiger partial charge on any atom is 0.264 e. The average molecular weight is 397 g/mol. The van der Waals surface area contributed by atoms with Crippen molar-refractivity contribution in [1.82, 2.24) is 9.80 Å². The quantitative estimate of drug-likeness (QED) is 0.622. The molecule has 154 valence electrons. The van der Waals surface area contributed by atoms with Crippen molar-refractivity contribution >= 4 is 17.9 Å². The van der Waals surface area contributed by atoms with Gasteiger partial charge < -0.3 is 19.3 Å².